The van der Waals surface area contributed by atoms with Crippen LogP contribution in [-0.4, -0.2) is 74.1 Å². The topological polar surface area (TPSA) is 119 Å². The molecule has 3 aliphatic heterocycles. The summed E-state index contributed by atoms with van der Waals surface area (Å²) in [5.74, 6) is 0.712. The highest BCUT2D eigenvalue weighted by atomic mass is 35.5. The largest absolute Gasteiger partial charge is 0.490 e. The van der Waals surface area contributed by atoms with Crippen molar-refractivity contribution in [3.05, 3.63) is 70.3 Å². The maximum absolute atomic E-state index is 14.3. The van der Waals surface area contributed by atoms with Crippen molar-refractivity contribution in [3.8, 4) is 5.75 Å². The molecule has 10 nitrogen and oxygen atoms in total. The lowest BCUT2D eigenvalue weighted by Crippen LogP contribution is -2.53. The molecule has 2 N–H and O–H groups in total. The lowest BCUT2D eigenvalue weighted by molar-refractivity contribution is 0.000295. The summed E-state index contributed by atoms with van der Waals surface area (Å²) in [7, 11) is -1.71. The maximum atomic E-state index is 14.3. The molecule has 3 heterocycles. The Kier molecular flexibility index (Phi) is 9.49. The molecule has 2 aromatic rings. The van der Waals surface area contributed by atoms with Crippen LogP contribution in [0.15, 0.2) is 52.9 Å². The molecule has 0 radical (unpaired) electrons. The van der Waals surface area contributed by atoms with Crippen molar-refractivity contribution in [3.63, 3.8) is 0 Å². The number of nitrogens with zero attached hydrogens (tertiary/aromatic N) is 2. The van der Waals surface area contributed by atoms with Crippen molar-refractivity contribution in [2.24, 2.45) is 22.1 Å². The minimum absolute atomic E-state index is 0.0213. The van der Waals surface area contributed by atoms with Gasteiger partial charge in [0.1, 0.15) is 15.7 Å². The fourth-order valence-electron chi connectivity index (χ4n) is 8.05. The molecule has 48 heavy (non-hydrogen) atoms. The first-order valence-electron chi connectivity index (χ1n) is 17.1. The normalized spacial score (nSPS) is 32.6. The molecule has 12 heteroatoms. The van der Waals surface area contributed by atoms with Gasteiger partial charge >= 0.3 is 6.03 Å². The first-order chi connectivity index (χ1) is 23.1. The van der Waals surface area contributed by atoms with E-state index < -0.39 is 21.9 Å². The SMILES string of the molecule is CO[C@H]1/C=C/C[C@H](C)CS(=O)(NC(=O)NC2COC2)=NC(=O)c2ccc3c(c2)N(C[C@@H]2CC[C@H]21)C[C@@]1(CCCc2cc(Cl)ccc21)CO3. The molecule has 1 saturated carbocycles. The predicted octanol–water partition coefficient (Wildman–Crippen LogP) is 5.67. The zero-order valence-corrected chi connectivity index (χ0v) is 29.2. The monoisotopic (exact) mass is 696 g/mol. The quantitative estimate of drug-likeness (QED) is 0.397. The summed E-state index contributed by atoms with van der Waals surface area (Å²) in [4.78, 5) is 29.1. The van der Waals surface area contributed by atoms with Crippen molar-refractivity contribution in [1.29, 1.82) is 0 Å². The van der Waals surface area contributed by atoms with Crippen LogP contribution in [0.25, 0.3) is 0 Å². The van der Waals surface area contributed by atoms with Gasteiger partial charge in [-0.1, -0.05) is 36.7 Å². The number of hydrogen-bond acceptors (Lipinski definition) is 7. The first-order valence-corrected chi connectivity index (χ1v) is 19.2. The number of urea groups is 1. The Bertz CT molecular complexity index is 1720. The van der Waals surface area contributed by atoms with Gasteiger partial charge in [-0.15, -0.1) is 4.36 Å². The Morgan fingerprint density at radius 3 is 2.79 bits per heavy atom. The van der Waals surface area contributed by atoms with Gasteiger partial charge < -0.3 is 24.4 Å². The average Bonchev–Trinajstić information content (AvgIpc) is 3.16. The number of nitrogens with one attached hydrogen (secondary N) is 2. The molecule has 1 spiro atoms. The van der Waals surface area contributed by atoms with E-state index in [4.69, 9.17) is 25.8 Å². The van der Waals surface area contributed by atoms with Crippen LogP contribution in [0.5, 0.6) is 5.75 Å². The highest BCUT2D eigenvalue weighted by molar-refractivity contribution is 7.92. The lowest BCUT2D eigenvalue weighted by Gasteiger charge is -2.46. The lowest BCUT2D eigenvalue weighted by atomic mass is 9.68. The maximum Gasteiger partial charge on any atom is 0.327 e. The van der Waals surface area contributed by atoms with Crippen molar-refractivity contribution >= 4 is 39.1 Å². The molecule has 3 amide bonds. The van der Waals surface area contributed by atoms with Crippen molar-refractivity contribution in [2.45, 2.75) is 63.0 Å². The predicted molar refractivity (Wildman–Crippen MR) is 186 cm³/mol. The third-order valence-electron chi connectivity index (χ3n) is 10.7. The average molecular weight is 697 g/mol. The van der Waals surface area contributed by atoms with E-state index in [1.54, 1.807) is 13.2 Å². The van der Waals surface area contributed by atoms with Crippen molar-refractivity contribution in [2.75, 3.05) is 50.7 Å². The van der Waals surface area contributed by atoms with Gasteiger partial charge in [0.05, 0.1) is 43.4 Å². The van der Waals surface area contributed by atoms with E-state index in [1.807, 2.05) is 25.1 Å². The van der Waals surface area contributed by atoms with E-state index in [-0.39, 0.29) is 29.2 Å². The zero-order chi connectivity index (χ0) is 33.5. The summed E-state index contributed by atoms with van der Waals surface area (Å²) in [6, 6.07) is 10.8. The van der Waals surface area contributed by atoms with Gasteiger partial charge in [-0.3, -0.25) is 9.52 Å². The number of fused-ring (bicyclic) bond motifs is 4. The second kappa shape index (κ2) is 13.7. The third kappa shape index (κ3) is 6.84. The number of carbonyl (C=O) groups is 2. The number of methoxy groups -OCH3 is 1. The number of amides is 3. The number of halogens is 1. The van der Waals surface area contributed by atoms with Crippen molar-refractivity contribution in [1.82, 2.24) is 10.0 Å². The minimum Gasteiger partial charge on any atom is -0.490 e. The van der Waals surface area contributed by atoms with Gasteiger partial charge in [0.25, 0.3) is 5.91 Å². The molecule has 1 unspecified atom stereocenters. The van der Waals surface area contributed by atoms with Crippen LogP contribution in [0.1, 0.15) is 60.5 Å². The van der Waals surface area contributed by atoms with Gasteiger partial charge in [0, 0.05) is 36.2 Å². The number of hydrogen-bond donors (Lipinski definition) is 2. The van der Waals surface area contributed by atoms with Crippen molar-refractivity contribution < 1.29 is 28.0 Å². The van der Waals surface area contributed by atoms with E-state index in [1.165, 1.54) is 11.1 Å². The van der Waals surface area contributed by atoms with E-state index in [2.05, 4.69) is 43.6 Å². The standard InChI is InChI=1S/C36H45ClN4O6S/c1-23-5-3-7-32(45-2)29-11-8-26(29)17-41-21-36(14-4-6-24-15-27(37)10-12-30(24)36)22-47-33-13-9-25(16-31(33)41)34(42)39-48(44,20-23)40-35(43)38-28-18-46-19-28/h3,7,9-10,12-13,15-16,23,26,28-29,32H,4-6,8,11,14,17-22H2,1-2H3,(H2,38,39,40,42,43,44)/b7-3+/t23-,26-,29+,32-,36-,48?/m0/s1. The van der Waals surface area contributed by atoms with Crippen LogP contribution >= 0.6 is 11.6 Å². The summed E-state index contributed by atoms with van der Waals surface area (Å²) in [5.41, 5.74) is 3.42. The molecule has 2 bridgehead atoms. The molecular formula is C36H45ClN4O6S. The molecule has 2 aromatic carbocycles. The molecule has 2 fully saturated rings. The Balaban J connectivity index is 1.28. The van der Waals surface area contributed by atoms with Gasteiger partial charge in [-0.25, -0.2) is 9.00 Å². The summed E-state index contributed by atoms with van der Waals surface area (Å²) in [5, 5.41) is 3.50. The minimum atomic E-state index is -3.47. The highest BCUT2D eigenvalue weighted by Gasteiger charge is 2.44. The van der Waals surface area contributed by atoms with E-state index in [0.717, 1.165) is 55.9 Å². The first kappa shape index (κ1) is 33.4. The molecule has 7 rings (SSSR count). The molecule has 5 aliphatic rings. The number of allylic oxidation sites excluding steroid dienone is 1. The molecule has 2 aliphatic carbocycles. The smallest absolute Gasteiger partial charge is 0.327 e. The van der Waals surface area contributed by atoms with Crippen LogP contribution in [0.4, 0.5) is 10.5 Å². The Labute approximate surface area is 288 Å². The Hall–Kier alpha value is -3.12. The van der Waals surface area contributed by atoms with Crippen LogP contribution in [0.3, 0.4) is 0 Å². The summed E-state index contributed by atoms with van der Waals surface area (Å²) >= 11 is 6.44. The van der Waals surface area contributed by atoms with Crippen LogP contribution in [0, 0.1) is 17.8 Å². The van der Waals surface area contributed by atoms with Gasteiger partial charge in [-0.05, 0) is 97.7 Å². The summed E-state index contributed by atoms with van der Waals surface area (Å²) in [6.07, 6.45) is 9.92. The second-order valence-electron chi connectivity index (χ2n) is 14.3. The molecule has 6 atom stereocenters. The fraction of sp³-hybridized carbons (Fsp3) is 0.556. The highest BCUT2D eigenvalue weighted by Crippen LogP contribution is 2.47. The van der Waals surface area contributed by atoms with E-state index >= 15 is 0 Å². The molecular weight excluding hydrogens is 652 g/mol. The number of carbonyl (C=O) groups excluding carboxylic acids is 2. The molecule has 1 saturated heterocycles. The second-order valence-corrected chi connectivity index (χ2v) is 16.7. The van der Waals surface area contributed by atoms with Gasteiger partial charge in [-0.2, -0.15) is 0 Å². The Morgan fingerprint density at radius 1 is 1.19 bits per heavy atom. The number of benzene rings is 2. The summed E-state index contributed by atoms with van der Waals surface area (Å²) < 4.78 is 38.9. The van der Waals surface area contributed by atoms with E-state index in [9.17, 15) is 13.8 Å². The van der Waals surface area contributed by atoms with E-state index in [0.29, 0.717) is 49.4 Å². The van der Waals surface area contributed by atoms with Gasteiger partial charge in [0.2, 0.25) is 0 Å². The Morgan fingerprint density at radius 2 is 2.04 bits per heavy atom. The third-order valence-corrected chi connectivity index (χ3v) is 13.0. The summed E-state index contributed by atoms with van der Waals surface area (Å²) in [6.45, 7) is 4.75. The van der Waals surface area contributed by atoms with Crippen LogP contribution < -0.4 is 19.7 Å². The fourth-order valence-corrected chi connectivity index (χ4v) is 10.1. The van der Waals surface area contributed by atoms with Gasteiger partial charge in [0.15, 0.2) is 0 Å². The van der Waals surface area contributed by atoms with Crippen LogP contribution in [0.2, 0.25) is 5.02 Å². The molecule has 0 aromatic heterocycles. The number of anilines is 1. The number of ether oxygens (including phenoxy) is 3. The molecule has 258 valence electrons. The van der Waals surface area contributed by atoms with Crippen LogP contribution in [-0.2, 0) is 31.2 Å². The number of aryl methyl sites for hydroxylation is 1. The number of rotatable bonds is 3. The zero-order valence-electron chi connectivity index (χ0n) is 27.6.